The zero-order valence-corrected chi connectivity index (χ0v) is 24.4. The zero-order valence-electron chi connectivity index (χ0n) is 24.4. The molecule has 5 unspecified atom stereocenters. The first kappa shape index (κ1) is 27.0. The van der Waals surface area contributed by atoms with E-state index in [2.05, 4.69) is 13.8 Å². The van der Waals surface area contributed by atoms with Gasteiger partial charge in [0, 0.05) is 5.41 Å². The molecule has 3 aromatic rings. The summed E-state index contributed by atoms with van der Waals surface area (Å²) in [5.41, 5.74) is -1.15. The van der Waals surface area contributed by atoms with Gasteiger partial charge < -0.3 is 9.84 Å². The molecular formula is C35H36N2O5. The van der Waals surface area contributed by atoms with Crippen molar-refractivity contribution in [1.82, 2.24) is 10.0 Å². The van der Waals surface area contributed by atoms with Crippen LogP contribution in [0.25, 0.3) is 0 Å². The van der Waals surface area contributed by atoms with E-state index in [0.717, 1.165) is 22.6 Å². The number of hydrazine groups is 1. The van der Waals surface area contributed by atoms with Crippen LogP contribution in [0, 0.1) is 16.7 Å². The van der Waals surface area contributed by atoms with Crippen LogP contribution in [-0.2, 0) is 15.1 Å². The Balaban J connectivity index is 1.25. The first-order valence-electron chi connectivity index (χ1n) is 14.8. The maximum atomic E-state index is 14.1. The fraction of sp³-hybridized carbons (Fsp3) is 0.400. The van der Waals surface area contributed by atoms with Crippen molar-refractivity contribution in [2.75, 3.05) is 0 Å². The first-order chi connectivity index (χ1) is 20.0. The molecule has 2 heterocycles. The summed E-state index contributed by atoms with van der Waals surface area (Å²) in [4.78, 5) is 40.6. The summed E-state index contributed by atoms with van der Waals surface area (Å²) >= 11 is 0. The topological polar surface area (TPSA) is 86.9 Å². The largest absolute Gasteiger partial charge is 0.460 e. The number of rotatable bonds is 6. The third-order valence-electron chi connectivity index (χ3n) is 11.0. The third kappa shape index (κ3) is 3.26. The molecule has 1 saturated heterocycles. The van der Waals surface area contributed by atoms with E-state index in [0.29, 0.717) is 24.0 Å². The molecule has 2 aliphatic heterocycles. The summed E-state index contributed by atoms with van der Waals surface area (Å²) in [5, 5.41) is 15.7. The maximum Gasteiger partial charge on any atom is 0.327 e. The lowest BCUT2D eigenvalue weighted by molar-refractivity contribution is -0.185. The Morgan fingerprint density at radius 3 is 1.83 bits per heavy atom. The molecule has 42 heavy (non-hydrogen) atoms. The van der Waals surface area contributed by atoms with Gasteiger partial charge >= 0.3 is 5.97 Å². The van der Waals surface area contributed by atoms with Crippen LogP contribution in [-0.4, -0.2) is 50.6 Å². The van der Waals surface area contributed by atoms with Crippen molar-refractivity contribution in [2.45, 2.75) is 70.2 Å². The molecule has 4 aliphatic rings. The van der Waals surface area contributed by atoms with Gasteiger partial charge in [-0.1, -0.05) is 86.6 Å². The van der Waals surface area contributed by atoms with E-state index in [1.165, 1.54) is 0 Å². The van der Waals surface area contributed by atoms with Gasteiger partial charge in [-0.3, -0.25) is 14.4 Å². The van der Waals surface area contributed by atoms with Gasteiger partial charge in [-0.05, 0) is 67.7 Å². The van der Waals surface area contributed by atoms with Crippen LogP contribution in [0.15, 0.2) is 84.9 Å². The molecule has 0 spiro atoms. The van der Waals surface area contributed by atoms with Crippen LogP contribution in [0.4, 0.5) is 0 Å². The lowest BCUT2D eigenvalue weighted by Gasteiger charge is -2.53. The molecule has 7 heteroatoms. The lowest BCUT2D eigenvalue weighted by Crippen LogP contribution is -2.57. The van der Waals surface area contributed by atoms with E-state index >= 15 is 0 Å². The Hall–Kier alpha value is -3.81. The average molecular weight is 565 g/mol. The molecule has 0 aromatic heterocycles. The highest BCUT2D eigenvalue weighted by Gasteiger charge is 2.75. The van der Waals surface area contributed by atoms with Crippen LogP contribution in [0.1, 0.15) is 78.8 Å². The molecule has 3 fully saturated rings. The van der Waals surface area contributed by atoms with E-state index in [9.17, 15) is 19.5 Å². The number of benzene rings is 3. The number of nitrogens with zero attached hydrogens (tertiary/aromatic N) is 2. The van der Waals surface area contributed by atoms with E-state index in [-0.39, 0.29) is 11.3 Å². The first-order valence-corrected chi connectivity index (χ1v) is 14.8. The number of hydrogen-bond donors (Lipinski definition) is 1. The second-order valence-electron chi connectivity index (χ2n) is 13.4. The van der Waals surface area contributed by atoms with Gasteiger partial charge in [0.05, 0.1) is 16.7 Å². The van der Waals surface area contributed by atoms with Gasteiger partial charge in [0.25, 0.3) is 11.8 Å². The van der Waals surface area contributed by atoms with Crippen LogP contribution in [0.5, 0.6) is 0 Å². The predicted octanol–water partition coefficient (Wildman–Crippen LogP) is 5.33. The monoisotopic (exact) mass is 564 g/mol. The molecule has 2 amide bonds. The maximum absolute atomic E-state index is 14.1. The summed E-state index contributed by atoms with van der Waals surface area (Å²) in [6.07, 6.45) is 1.70. The van der Waals surface area contributed by atoms with Crippen molar-refractivity contribution >= 4 is 17.8 Å². The Morgan fingerprint density at radius 1 is 0.833 bits per heavy atom. The summed E-state index contributed by atoms with van der Waals surface area (Å²) in [6, 6.07) is 25.3. The van der Waals surface area contributed by atoms with Gasteiger partial charge in [-0.2, -0.15) is 5.01 Å². The van der Waals surface area contributed by atoms with Crippen molar-refractivity contribution in [2.24, 2.45) is 16.7 Å². The molecule has 5 atom stereocenters. The van der Waals surface area contributed by atoms with E-state index in [4.69, 9.17) is 4.74 Å². The summed E-state index contributed by atoms with van der Waals surface area (Å²) in [7, 11) is 0. The predicted molar refractivity (Wildman–Crippen MR) is 156 cm³/mol. The van der Waals surface area contributed by atoms with E-state index in [1.54, 1.807) is 29.3 Å². The second-order valence-corrected chi connectivity index (χ2v) is 13.4. The number of esters is 1. The Morgan fingerprint density at radius 2 is 1.33 bits per heavy atom. The van der Waals surface area contributed by atoms with E-state index < -0.39 is 46.5 Å². The molecule has 7 rings (SSSR count). The van der Waals surface area contributed by atoms with Crippen LogP contribution in [0.3, 0.4) is 0 Å². The number of carbonyl (C=O) groups excluding carboxylic acids is 3. The van der Waals surface area contributed by atoms with Crippen molar-refractivity contribution in [1.29, 1.82) is 0 Å². The van der Waals surface area contributed by atoms with Gasteiger partial charge in [0.2, 0.25) is 0 Å². The Kier molecular flexibility index (Phi) is 5.70. The van der Waals surface area contributed by atoms with Crippen LogP contribution < -0.4 is 0 Å². The SMILES string of the molecule is CC1(C)C(C(=O)OC2CC3CCC2(C(O)(c2ccccc2)c2ccccc2)C3(C)C)N1N1C(=O)c2ccccc2C1=O. The molecule has 2 saturated carbocycles. The van der Waals surface area contributed by atoms with Crippen molar-refractivity contribution in [3.63, 3.8) is 0 Å². The highest BCUT2D eigenvalue weighted by atomic mass is 16.6. The van der Waals surface area contributed by atoms with Gasteiger partial charge in [0.1, 0.15) is 17.7 Å². The minimum Gasteiger partial charge on any atom is -0.460 e. The smallest absolute Gasteiger partial charge is 0.327 e. The van der Waals surface area contributed by atoms with Gasteiger partial charge in [0.15, 0.2) is 0 Å². The van der Waals surface area contributed by atoms with Crippen molar-refractivity contribution < 1.29 is 24.2 Å². The fourth-order valence-corrected chi connectivity index (χ4v) is 8.77. The fourth-order valence-electron chi connectivity index (χ4n) is 8.77. The Bertz CT molecular complexity index is 1530. The van der Waals surface area contributed by atoms with Crippen molar-refractivity contribution in [3.05, 3.63) is 107 Å². The molecule has 2 bridgehead atoms. The van der Waals surface area contributed by atoms with Crippen molar-refractivity contribution in [3.8, 4) is 0 Å². The second kappa shape index (κ2) is 8.85. The standard InChI is InChI=1S/C35H36N2O5/c1-32(2)24-19-20-34(32,35(41,22-13-7-5-8-14-22)23-15-9-6-10-16-23)27(21-24)42-31(40)28-33(3,4)37(28)36-29(38)25-17-11-12-18-26(25)30(36)39/h5-18,24,27-28,41H,19-21H2,1-4H3. The molecule has 3 aromatic carbocycles. The normalized spacial score (nSPS) is 30.4. The van der Waals surface area contributed by atoms with Crippen LogP contribution in [0.2, 0.25) is 0 Å². The zero-order chi connectivity index (χ0) is 29.7. The minimum absolute atomic E-state index is 0.258. The summed E-state index contributed by atoms with van der Waals surface area (Å²) < 4.78 is 6.48. The number of ether oxygens (including phenoxy) is 1. The van der Waals surface area contributed by atoms with Gasteiger partial charge in [-0.25, -0.2) is 5.01 Å². The highest BCUT2D eigenvalue weighted by molar-refractivity contribution is 6.21. The number of imide groups is 1. The van der Waals surface area contributed by atoms with Crippen LogP contribution >= 0.6 is 0 Å². The average Bonchev–Trinajstić information content (AvgIpc) is 3.19. The molecular weight excluding hydrogens is 528 g/mol. The number of aliphatic hydroxyl groups is 1. The Labute approximate surface area is 246 Å². The molecule has 2 aliphatic carbocycles. The van der Waals surface area contributed by atoms with E-state index in [1.807, 2.05) is 74.5 Å². The molecule has 7 nitrogen and oxygen atoms in total. The molecule has 0 radical (unpaired) electrons. The van der Waals surface area contributed by atoms with Gasteiger partial charge in [-0.15, -0.1) is 0 Å². The lowest BCUT2D eigenvalue weighted by atomic mass is 9.54. The highest BCUT2D eigenvalue weighted by Crippen LogP contribution is 2.73. The summed E-state index contributed by atoms with van der Waals surface area (Å²) in [5.74, 6) is -1.08. The summed E-state index contributed by atoms with van der Waals surface area (Å²) in [6.45, 7) is 8.07. The molecule has 1 N–H and O–H groups in total. The number of amides is 2. The number of fused-ring (bicyclic) bond motifs is 3. The quantitative estimate of drug-likeness (QED) is 0.247. The minimum atomic E-state index is -1.42. The number of carbonyl (C=O) groups is 3. The third-order valence-corrected chi connectivity index (χ3v) is 11.0. The molecule has 216 valence electrons. The number of hydrogen-bond acceptors (Lipinski definition) is 6.